The minimum atomic E-state index is -5.05. The SMILES string of the molecule is CC(C)(C)c1c(C(F)(F)F)cc(B(O)O)cc1C(F)(F)F. The van der Waals surface area contributed by atoms with Crippen molar-refractivity contribution in [3.8, 4) is 0 Å². The zero-order valence-corrected chi connectivity index (χ0v) is 11.4. The molecule has 0 radical (unpaired) electrons. The van der Waals surface area contributed by atoms with Crippen LogP contribution >= 0.6 is 0 Å². The highest BCUT2D eigenvalue weighted by Gasteiger charge is 2.44. The molecule has 0 aliphatic carbocycles. The van der Waals surface area contributed by atoms with Crippen LogP contribution in [0.25, 0.3) is 0 Å². The maximum absolute atomic E-state index is 13.1. The summed E-state index contributed by atoms with van der Waals surface area (Å²) in [6.07, 6.45) is -10.1. The molecule has 0 saturated carbocycles. The Balaban J connectivity index is 3.88. The second-order valence-corrected chi connectivity index (χ2v) is 5.61. The fourth-order valence-electron chi connectivity index (χ4n) is 2.07. The summed E-state index contributed by atoms with van der Waals surface area (Å²) in [6, 6.07) is 0.668. The standard InChI is InChI=1S/C12H13BF6O2/c1-10(2,3)9-7(11(14,15)16)4-6(13(20)21)5-8(9)12(17,18)19/h4-5,20-21H,1-3H3. The number of hydrogen-bond donors (Lipinski definition) is 2. The lowest BCUT2D eigenvalue weighted by atomic mass is 9.73. The van der Waals surface area contributed by atoms with Gasteiger partial charge in [0, 0.05) is 0 Å². The molecule has 0 heterocycles. The van der Waals surface area contributed by atoms with Crippen LogP contribution in [0.2, 0.25) is 0 Å². The number of benzene rings is 1. The van der Waals surface area contributed by atoms with Gasteiger partial charge in [0.15, 0.2) is 0 Å². The van der Waals surface area contributed by atoms with E-state index in [4.69, 9.17) is 10.0 Å². The van der Waals surface area contributed by atoms with Crippen molar-refractivity contribution < 1.29 is 36.4 Å². The predicted octanol–water partition coefficient (Wildman–Crippen LogP) is 2.70. The van der Waals surface area contributed by atoms with E-state index >= 15 is 0 Å². The molecule has 0 aromatic heterocycles. The van der Waals surface area contributed by atoms with E-state index in [2.05, 4.69) is 0 Å². The average molecular weight is 314 g/mol. The van der Waals surface area contributed by atoms with E-state index in [0.717, 1.165) is 0 Å². The summed E-state index contributed by atoms with van der Waals surface area (Å²) in [6.45, 7) is 3.67. The highest BCUT2D eigenvalue weighted by Crippen LogP contribution is 2.43. The van der Waals surface area contributed by atoms with E-state index in [1.54, 1.807) is 0 Å². The molecule has 0 aliphatic heterocycles. The van der Waals surface area contributed by atoms with E-state index in [1.165, 1.54) is 20.8 Å². The molecular formula is C12H13BF6O2. The van der Waals surface area contributed by atoms with Crippen LogP contribution in [-0.2, 0) is 17.8 Å². The van der Waals surface area contributed by atoms with Crippen molar-refractivity contribution >= 4 is 12.6 Å². The van der Waals surface area contributed by atoms with Crippen molar-refractivity contribution in [3.05, 3.63) is 28.8 Å². The predicted molar refractivity (Wildman–Crippen MR) is 65.0 cm³/mol. The van der Waals surface area contributed by atoms with Gasteiger partial charge in [-0.25, -0.2) is 0 Å². The zero-order chi connectivity index (χ0) is 16.8. The molecule has 21 heavy (non-hydrogen) atoms. The molecule has 1 rings (SSSR count). The van der Waals surface area contributed by atoms with Gasteiger partial charge in [0.1, 0.15) is 0 Å². The fraction of sp³-hybridized carbons (Fsp3) is 0.500. The molecular weight excluding hydrogens is 301 g/mol. The van der Waals surface area contributed by atoms with Gasteiger partial charge in [0.25, 0.3) is 0 Å². The van der Waals surface area contributed by atoms with Gasteiger partial charge in [-0.2, -0.15) is 26.3 Å². The first-order valence-electron chi connectivity index (χ1n) is 5.84. The third kappa shape index (κ3) is 3.91. The van der Waals surface area contributed by atoms with E-state index in [1.807, 2.05) is 0 Å². The van der Waals surface area contributed by atoms with Crippen molar-refractivity contribution in [3.63, 3.8) is 0 Å². The van der Waals surface area contributed by atoms with E-state index in [0.29, 0.717) is 12.1 Å². The van der Waals surface area contributed by atoms with E-state index < -0.39 is 47.0 Å². The summed E-state index contributed by atoms with van der Waals surface area (Å²) in [5.41, 5.74) is -6.26. The molecule has 0 unspecified atom stereocenters. The van der Waals surface area contributed by atoms with Gasteiger partial charge in [0.2, 0.25) is 0 Å². The van der Waals surface area contributed by atoms with Crippen LogP contribution in [0, 0.1) is 0 Å². The Labute approximate surface area is 117 Å². The summed E-state index contributed by atoms with van der Waals surface area (Å²) in [7, 11) is -2.43. The number of halogens is 6. The summed E-state index contributed by atoms with van der Waals surface area (Å²) >= 11 is 0. The maximum Gasteiger partial charge on any atom is 0.488 e. The average Bonchev–Trinajstić information content (AvgIpc) is 2.23. The second kappa shape index (κ2) is 5.21. The molecule has 0 atom stereocenters. The fourth-order valence-corrected chi connectivity index (χ4v) is 2.07. The Morgan fingerprint density at radius 3 is 1.33 bits per heavy atom. The van der Waals surface area contributed by atoms with Gasteiger partial charge in [-0.05, 0) is 28.6 Å². The van der Waals surface area contributed by atoms with E-state index in [9.17, 15) is 26.3 Å². The third-order valence-corrected chi connectivity index (χ3v) is 2.82. The molecule has 0 aliphatic rings. The lowest BCUT2D eigenvalue weighted by molar-refractivity contribution is -0.145. The number of rotatable bonds is 1. The molecule has 0 saturated heterocycles. The second-order valence-electron chi connectivity index (χ2n) is 5.61. The number of hydrogen-bond acceptors (Lipinski definition) is 2. The van der Waals surface area contributed by atoms with Crippen molar-refractivity contribution in [2.24, 2.45) is 0 Å². The first-order valence-corrected chi connectivity index (χ1v) is 5.84. The Morgan fingerprint density at radius 2 is 1.14 bits per heavy atom. The molecule has 2 N–H and O–H groups in total. The quantitative estimate of drug-likeness (QED) is 0.618. The van der Waals surface area contributed by atoms with Crippen LogP contribution in [0.3, 0.4) is 0 Å². The van der Waals surface area contributed by atoms with Gasteiger partial charge in [-0.15, -0.1) is 0 Å². The van der Waals surface area contributed by atoms with Crippen LogP contribution in [0.15, 0.2) is 12.1 Å². The Kier molecular flexibility index (Phi) is 4.42. The monoisotopic (exact) mass is 314 g/mol. The van der Waals surface area contributed by atoms with Crippen molar-refractivity contribution in [1.82, 2.24) is 0 Å². The lowest BCUT2D eigenvalue weighted by Crippen LogP contribution is -2.35. The Morgan fingerprint density at radius 1 is 0.810 bits per heavy atom. The normalized spacial score (nSPS) is 13.5. The van der Waals surface area contributed by atoms with Crippen molar-refractivity contribution in [1.29, 1.82) is 0 Å². The van der Waals surface area contributed by atoms with Gasteiger partial charge in [-0.1, -0.05) is 20.8 Å². The molecule has 9 heteroatoms. The van der Waals surface area contributed by atoms with Crippen molar-refractivity contribution in [2.75, 3.05) is 0 Å². The Hall–Kier alpha value is -1.22. The summed E-state index contributed by atoms with van der Waals surface area (Å²) in [4.78, 5) is 0. The molecule has 0 bridgehead atoms. The molecule has 1 aromatic rings. The van der Waals surface area contributed by atoms with Gasteiger partial charge in [-0.3, -0.25) is 0 Å². The van der Waals surface area contributed by atoms with Crippen LogP contribution in [0.5, 0.6) is 0 Å². The molecule has 2 nitrogen and oxygen atoms in total. The summed E-state index contributed by atoms with van der Waals surface area (Å²) < 4.78 is 78.4. The van der Waals surface area contributed by atoms with Gasteiger partial charge < -0.3 is 10.0 Å². The molecule has 0 spiro atoms. The van der Waals surface area contributed by atoms with E-state index in [-0.39, 0.29) is 0 Å². The molecule has 118 valence electrons. The van der Waals surface area contributed by atoms with Crippen LogP contribution in [0.1, 0.15) is 37.5 Å². The van der Waals surface area contributed by atoms with Gasteiger partial charge in [0.05, 0.1) is 11.1 Å². The number of alkyl halides is 6. The Bertz CT molecular complexity index is 493. The molecule has 0 amide bonds. The highest BCUT2D eigenvalue weighted by atomic mass is 19.4. The third-order valence-electron chi connectivity index (χ3n) is 2.82. The van der Waals surface area contributed by atoms with Gasteiger partial charge >= 0.3 is 19.5 Å². The maximum atomic E-state index is 13.1. The largest absolute Gasteiger partial charge is 0.488 e. The minimum absolute atomic E-state index is 0.334. The minimum Gasteiger partial charge on any atom is -0.423 e. The summed E-state index contributed by atoms with van der Waals surface area (Å²) in [5.74, 6) is 0. The first-order chi connectivity index (χ1) is 9.15. The van der Waals surface area contributed by atoms with Crippen LogP contribution in [0.4, 0.5) is 26.3 Å². The zero-order valence-electron chi connectivity index (χ0n) is 11.4. The van der Waals surface area contributed by atoms with Crippen molar-refractivity contribution in [2.45, 2.75) is 38.5 Å². The summed E-state index contributed by atoms with van der Waals surface area (Å²) in [5, 5.41) is 17.8. The smallest absolute Gasteiger partial charge is 0.423 e. The lowest BCUT2D eigenvalue weighted by Gasteiger charge is -2.29. The molecule has 0 fully saturated rings. The topological polar surface area (TPSA) is 40.5 Å². The molecule has 1 aromatic carbocycles. The van der Waals surface area contributed by atoms with Crippen LogP contribution in [-0.4, -0.2) is 17.2 Å². The van der Waals surface area contributed by atoms with Crippen LogP contribution < -0.4 is 5.46 Å². The first kappa shape index (κ1) is 17.8. The highest BCUT2D eigenvalue weighted by molar-refractivity contribution is 6.58.